The van der Waals surface area contributed by atoms with Gasteiger partial charge in [-0.1, -0.05) is 54.6 Å². The monoisotopic (exact) mass is 419 g/mol. The van der Waals surface area contributed by atoms with Crippen LogP contribution in [0.5, 0.6) is 0 Å². The number of benzene rings is 3. The highest BCUT2D eigenvalue weighted by Crippen LogP contribution is 2.55. The van der Waals surface area contributed by atoms with E-state index in [-0.39, 0.29) is 11.9 Å². The Kier molecular flexibility index (Phi) is 8.19. The molecule has 3 N–H and O–H groups in total. The van der Waals surface area contributed by atoms with E-state index in [1.807, 2.05) is 6.92 Å². The molecule has 3 rings (SSSR count). The third-order valence-electron chi connectivity index (χ3n) is 5.34. The molecule has 0 aliphatic heterocycles. The van der Waals surface area contributed by atoms with Gasteiger partial charge < -0.3 is 11.1 Å². The van der Waals surface area contributed by atoms with Crippen LogP contribution in [0.15, 0.2) is 91.0 Å². The number of nitrogens with two attached hydrogens (primary N) is 1. The van der Waals surface area contributed by atoms with Crippen molar-refractivity contribution in [1.29, 1.82) is 0 Å². The van der Waals surface area contributed by atoms with E-state index in [0.29, 0.717) is 13.0 Å². The summed E-state index contributed by atoms with van der Waals surface area (Å²) in [4.78, 5) is 11.9. The Morgan fingerprint density at radius 3 is 1.63 bits per heavy atom. The van der Waals surface area contributed by atoms with Crippen molar-refractivity contribution in [3.8, 4) is 0 Å². The maximum absolute atomic E-state index is 11.9. The number of nitrogens with one attached hydrogen (secondary N) is 1. The lowest BCUT2D eigenvalue weighted by atomic mass is 10.2. The Morgan fingerprint density at radius 2 is 1.23 bits per heavy atom. The van der Waals surface area contributed by atoms with Crippen LogP contribution < -0.4 is 27.0 Å². The van der Waals surface area contributed by atoms with Crippen LogP contribution in [0.25, 0.3) is 0 Å². The van der Waals surface area contributed by atoms with E-state index in [1.165, 1.54) is 15.9 Å². The SMILES string of the molecule is CC(N)CC(=O)NCCCC[P+](c1ccccc1)(c1ccccc1)c1ccccc1. The fourth-order valence-corrected chi connectivity index (χ4v) is 8.36. The minimum Gasteiger partial charge on any atom is -0.356 e. The van der Waals surface area contributed by atoms with Gasteiger partial charge in [0.05, 0.1) is 6.16 Å². The first kappa shape index (κ1) is 22.2. The van der Waals surface area contributed by atoms with Gasteiger partial charge in [0.25, 0.3) is 0 Å². The first-order valence-corrected chi connectivity index (χ1v) is 12.7. The van der Waals surface area contributed by atoms with E-state index in [0.717, 1.165) is 19.0 Å². The van der Waals surface area contributed by atoms with Crippen molar-refractivity contribution < 1.29 is 4.79 Å². The minimum atomic E-state index is -1.77. The molecule has 1 atom stereocenters. The summed E-state index contributed by atoms with van der Waals surface area (Å²) in [7, 11) is -1.77. The fraction of sp³-hybridized carbons (Fsp3) is 0.269. The summed E-state index contributed by atoms with van der Waals surface area (Å²) in [5, 5.41) is 7.23. The van der Waals surface area contributed by atoms with E-state index in [2.05, 4.69) is 96.3 Å². The zero-order valence-electron chi connectivity index (χ0n) is 17.7. The Morgan fingerprint density at radius 1 is 0.800 bits per heavy atom. The third kappa shape index (κ3) is 5.56. The third-order valence-corrected chi connectivity index (χ3v) is 9.87. The first-order valence-electron chi connectivity index (χ1n) is 10.7. The molecule has 0 aliphatic carbocycles. The summed E-state index contributed by atoms with van der Waals surface area (Å²) in [5.41, 5.74) is 5.72. The zero-order chi connectivity index (χ0) is 21.2. The lowest BCUT2D eigenvalue weighted by molar-refractivity contribution is -0.121. The second-order valence-electron chi connectivity index (χ2n) is 7.78. The van der Waals surface area contributed by atoms with E-state index in [4.69, 9.17) is 5.73 Å². The molecule has 0 aliphatic rings. The lowest BCUT2D eigenvalue weighted by Crippen LogP contribution is -2.34. The highest BCUT2D eigenvalue weighted by molar-refractivity contribution is 7.95. The zero-order valence-corrected chi connectivity index (χ0v) is 18.6. The molecule has 3 nitrogen and oxygen atoms in total. The summed E-state index contributed by atoms with van der Waals surface area (Å²) in [6.07, 6.45) is 3.47. The molecule has 0 bridgehead atoms. The second kappa shape index (κ2) is 11.1. The Labute approximate surface area is 181 Å². The van der Waals surface area contributed by atoms with Gasteiger partial charge in [0.2, 0.25) is 5.91 Å². The first-order chi connectivity index (χ1) is 14.6. The summed E-state index contributed by atoms with van der Waals surface area (Å²) >= 11 is 0. The molecule has 0 spiro atoms. The molecular weight excluding hydrogens is 387 g/mol. The average Bonchev–Trinajstić information content (AvgIpc) is 2.78. The van der Waals surface area contributed by atoms with Gasteiger partial charge in [-0.05, 0) is 56.2 Å². The Bertz CT molecular complexity index is 801. The highest BCUT2D eigenvalue weighted by atomic mass is 31.2. The molecule has 1 amide bonds. The molecule has 1 unspecified atom stereocenters. The summed E-state index contributed by atoms with van der Waals surface area (Å²) in [5.74, 6) is 0.0419. The number of hydrogen-bond donors (Lipinski definition) is 2. The lowest BCUT2D eigenvalue weighted by Gasteiger charge is -2.27. The van der Waals surface area contributed by atoms with Crippen LogP contribution in [0.4, 0.5) is 0 Å². The summed E-state index contributed by atoms with van der Waals surface area (Å²) < 4.78 is 0. The molecule has 30 heavy (non-hydrogen) atoms. The van der Waals surface area contributed by atoms with Crippen molar-refractivity contribution in [3.63, 3.8) is 0 Å². The largest absolute Gasteiger partial charge is 0.356 e. The van der Waals surface area contributed by atoms with E-state index < -0.39 is 7.26 Å². The standard InChI is InChI=1S/C26H31N2OP/c1-22(27)21-26(29)28-19-11-12-20-30(23-13-5-2-6-14-23,24-15-7-3-8-16-24)25-17-9-4-10-18-25/h2-10,13-18,22H,11-12,19-21,27H2,1H3/p+1. The van der Waals surface area contributed by atoms with E-state index >= 15 is 0 Å². The van der Waals surface area contributed by atoms with E-state index in [1.54, 1.807) is 0 Å². The smallest absolute Gasteiger partial charge is 0.221 e. The van der Waals surface area contributed by atoms with Crippen molar-refractivity contribution >= 4 is 29.1 Å². The van der Waals surface area contributed by atoms with Crippen LogP contribution in [-0.4, -0.2) is 24.7 Å². The van der Waals surface area contributed by atoms with E-state index in [9.17, 15) is 4.79 Å². The molecule has 0 saturated carbocycles. The molecule has 0 fully saturated rings. The van der Waals surface area contributed by atoms with Crippen LogP contribution in [0.1, 0.15) is 26.2 Å². The van der Waals surface area contributed by atoms with Crippen molar-refractivity contribution in [1.82, 2.24) is 5.32 Å². The number of carbonyl (C=O) groups is 1. The number of rotatable bonds is 10. The average molecular weight is 420 g/mol. The molecule has 0 radical (unpaired) electrons. The van der Waals surface area contributed by atoms with Gasteiger partial charge in [-0.2, -0.15) is 0 Å². The van der Waals surface area contributed by atoms with Crippen molar-refractivity contribution in [2.75, 3.05) is 12.7 Å². The Hall–Kier alpha value is -2.48. The molecule has 4 heteroatoms. The second-order valence-corrected chi connectivity index (χ2v) is 11.4. The number of amides is 1. The van der Waals surface area contributed by atoms with Gasteiger partial charge in [-0.25, -0.2) is 0 Å². The number of unbranched alkanes of at least 4 members (excludes halogenated alkanes) is 1. The predicted octanol–water partition coefficient (Wildman–Crippen LogP) is 3.61. The van der Waals surface area contributed by atoms with Gasteiger partial charge in [0.15, 0.2) is 0 Å². The van der Waals surface area contributed by atoms with Gasteiger partial charge in [0, 0.05) is 19.0 Å². The van der Waals surface area contributed by atoms with Crippen molar-refractivity contribution in [3.05, 3.63) is 91.0 Å². The summed E-state index contributed by atoms with van der Waals surface area (Å²) in [6, 6.07) is 32.7. The predicted molar refractivity (Wildman–Crippen MR) is 131 cm³/mol. The van der Waals surface area contributed by atoms with Gasteiger partial charge >= 0.3 is 0 Å². The van der Waals surface area contributed by atoms with Gasteiger partial charge in [-0.3, -0.25) is 4.79 Å². The number of hydrogen-bond acceptors (Lipinski definition) is 2. The Balaban J connectivity index is 1.85. The molecule has 0 heterocycles. The minimum absolute atomic E-state index is 0.0419. The van der Waals surface area contributed by atoms with Crippen LogP contribution in [0.2, 0.25) is 0 Å². The molecular formula is C26H32N2OP+. The van der Waals surface area contributed by atoms with Crippen LogP contribution in [-0.2, 0) is 4.79 Å². The van der Waals surface area contributed by atoms with Gasteiger partial charge in [0.1, 0.15) is 23.2 Å². The van der Waals surface area contributed by atoms with Crippen LogP contribution in [0.3, 0.4) is 0 Å². The topological polar surface area (TPSA) is 55.1 Å². The molecule has 3 aromatic rings. The van der Waals surface area contributed by atoms with Crippen LogP contribution in [0, 0.1) is 0 Å². The molecule has 0 aromatic heterocycles. The van der Waals surface area contributed by atoms with Crippen molar-refractivity contribution in [2.24, 2.45) is 5.73 Å². The number of carbonyl (C=O) groups excluding carboxylic acids is 1. The maximum atomic E-state index is 11.9. The quantitative estimate of drug-likeness (QED) is 0.390. The van der Waals surface area contributed by atoms with Crippen molar-refractivity contribution in [2.45, 2.75) is 32.2 Å². The summed E-state index contributed by atoms with van der Waals surface area (Å²) in [6.45, 7) is 2.56. The molecule has 156 valence electrons. The van der Waals surface area contributed by atoms with Crippen LogP contribution >= 0.6 is 7.26 Å². The normalized spacial score (nSPS) is 12.3. The highest BCUT2D eigenvalue weighted by Gasteiger charge is 2.44. The maximum Gasteiger partial charge on any atom is 0.221 e. The molecule has 0 saturated heterocycles. The molecule has 3 aromatic carbocycles. The van der Waals surface area contributed by atoms with Gasteiger partial charge in [-0.15, -0.1) is 0 Å². The fourth-order valence-electron chi connectivity index (χ4n) is 3.95.